The lowest BCUT2D eigenvalue weighted by molar-refractivity contribution is 0.0698. The van der Waals surface area contributed by atoms with Crippen molar-refractivity contribution in [3.05, 3.63) is 59.4 Å². The highest BCUT2D eigenvalue weighted by molar-refractivity contribution is 5.96. The van der Waals surface area contributed by atoms with Gasteiger partial charge in [-0.1, -0.05) is 18.2 Å². The van der Waals surface area contributed by atoms with E-state index in [-0.39, 0.29) is 11.6 Å². The van der Waals surface area contributed by atoms with E-state index in [4.69, 9.17) is 4.98 Å². The third-order valence-corrected chi connectivity index (χ3v) is 6.13. The monoisotopic (exact) mass is 430 g/mol. The van der Waals surface area contributed by atoms with E-state index in [1.54, 1.807) is 24.5 Å². The van der Waals surface area contributed by atoms with Crippen molar-refractivity contribution in [2.24, 2.45) is 0 Å². The number of piperidine rings is 1. The van der Waals surface area contributed by atoms with E-state index in [1.807, 2.05) is 24.3 Å². The molecule has 2 aromatic carbocycles. The number of hydrogen-bond acceptors (Lipinski definition) is 6. The SMILES string of the molecule is Cc1cc([C@@H](C)Nc2ccccc2C(=O)O)c2nc(N3CCCCC3)n3cnnc3c2c1. The zero-order valence-electron chi connectivity index (χ0n) is 18.2. The number of nitrogens with one attached hydrogen (secondary N) is 1. The van der Waals surface area contributed by atoms with Gasteiger partial charge in [-0.2, -0.15) is 0 Å². The summed E-state index contributed by atoms with van der Waals surface area (Å²) in [7, 11) is 0. The maximum absolute atomic E-state index is 11.7. The second kappa shape index (κ2) is 8.11. The molecule has 0 bridgehead atoms. The number of benzene rings is 2. The molecule has 3 heterocycles. The number of hydrogen-bond donors (Lipinski definition) is 2. The van der Waals surface area contributed by atoms with Crippen molar-refractivity contribution in [1.82, 2.24) is 19.6 Å². The first-order valence-electron chi connectivity index (χ1n) is 11.0. The molecule has 0 unspecified atom stereocenters. The van der Waals surface area contributed by atoms with Crippen molar-refractivity contribution >= 4 is 34.2 Å². The third-order valence-electron chi connectivity index (χ3n) is 6.13. The number of carbonyl (C=O) groups is 1. The van der Waals surface area contributed by atoms with Crippen molar-refractivity contribution in [2.45, 2.75) is 39.2 Å². The molecule has 0 spiro atoms. The molecule has 1 atom stereocenters. The van der Waals surface area contributed by atoms with Gasteiger partial charge in [-0.05, 0) is 56.9 Å². The van der Waals surface area contributed by atoms with Crippen LogP contribution in [0.3, 0.4) is 0 Å². The molecular weight excluding hydrogens is 404 g/mol. The number of aromatic nitrogens is 4. The van der Waals surface area contributed by atoms with Gasteiger partial charge in [0.25, 0.3) is 0 Å². The lowest BCUT2D eigenvalue weighted by Gasteiger charge is -2.28. The van der Waals surface area contributed by atoms with Crippen LogP contribution in [-0.4, -0.2) is 43.7 Å². The van der Waals surface area contributed by atoms with E-state index in [1.165, 1.54) is 6.42 Å². The second-order valence-corrected chi connectivity index (χ2v) is 8.45. The Morgan fingerprint density at radius 1 is 1.16 bits per heavy atom. The number of aryl methyl sites for hydroxylation is 1. The summed E-state index contributed by atoms with van der Waals surface area (Å²) in [6.45, 7) is 6.01. The first kappa shape index (κ1) is 20.2. The van der Waals surface area contributed by atoms with Crippen molar-refractivity contribution in [1.29, 1.82) is 0 Å². The van der Waals surface area contributed by atoms with Gasteiger partial charge in [-0.25, -0.2) is 9.78 Å². The van der Waals surface area contributed by atoms with Crippen LogP contribution < -0.4 is 10.2 Å². The van der Waals surface area contributed by atoms with Gasteiger partial charge in [-0.3, -0.25) is 4.40 Å². The summed E-state index contributed by atoms with van der Waals surface area (Å²) < 4.78 is 1.98. The Hall–Kier alpha value is -3.68. The lowest BCUT2D eigenvalue weighted by atomic mass is 10.0. The van der Waals surface area contributed by atoms with Gasteiger partial charge in [0.2, 0.25) is 5.95 Å². The molecule has 8 nitrogen and oxygen atoms in total. The van der Waals surface area contributed by atoms with Gasteiger partial charge >= 0.3 is 5.97 Å². The standard InChI is InChI=1S/C24H26N6O2/c1-15-12-18(16(2)26-20-9-5-4-8-17(20)23(31)32)21-19(13-15)22-28-25-14-30(22)24(27-21)29-10-6-3-7-11-29/h4-5,8-9,12-14,16,26H,3,6-7,10-11H2,1-2H3,(H,31,32)/t16-/m1/s1. The van der Waals surface area contributed by atoms with Crippen LogP contribution in [-0.2, 0) is 0 Å². The van der Waals surface area contributed by atoms with Crippen LogP contribution in [0.1, 0.15) is 53.7 Å². The molecule has 2 N–H and O–H groups in total. The molecular formula is C24H26N6O2. The molecule has 4 aromatic rings. The zero-order chi connectivity index (χ0) is 22.2. The molecule has 1 aliphatic heterocycles. The zero-order valence-corrected chi connectivity index (χ0v) is 18.2. The van der Waals surface area contributed by atoms with E-state index in [0.717, 1.165) is 59.6 Å². The number of nitrogens with zero attached hydrogens (tertiary/aromatic N) is 5. The van der Waals surface area contributed by atoms with Crippen LogP contribution >= 0.6 is 0 Å². The molecule has 164 valence electrons. The Balaban J connectivity index is 1.65. The van der Waals surface area contributed by atoms with Crippen LogP contribution in [0, 0.1) is 6.92 Å². The number of rotatable bonds is 5. The number of carboxylic acid groups (broad SMARTS) is 1. The fraction of sp³-hybridized carbons (Fsp3) is 0.333. The molecule has 5 rings (SSSR count). The molecule has 1 aliphatic rings. The van der Waals surface area contributed by atoms with Crippen LogP contribution in [0.5, 0.6) is 0 Å². The molecule has 2 aromatic heterocycles. The first-order chi connectivity index (χ1) is 15.5. The molecule has 32 heavy (non-hydrogen) atoms. The van der Waals surface area contributed by atoms with Crippen LogP contribution in [0.2, 0.25) is 0 Å². The summed E-state index contributed by atoms with van der Waals surface area (Å²) in [6.07, 6.45) is 5.27. The Morgan fingerprint density at radius 3 is 2.72 bits per heavy atom. The third kappa shape index (κ3) is 3.51. The number of para-hydroxylation sites is 1. The lowest BCUT2D eigenvalue weighted by Crippen LogP contribution is -2.32. The average Bonchev–Trinajstić information content (AvgIpc) is 3.29. The van der Waals surface area contributed by atoms with Crippen LogP contribution in [0.4, 0.5) is 11.6 Å². The van der Waals surface area contributed by atoms with Gasteiger partial charge in [0.1, 0.15) is 6.33 Å². The quantitative estimate of drug-likeness (QED) is 0.483. The summed E-state index contributed by atoms with van der Waals surface area (Å²) >= 11 is 0. The van der Waals surface area contributed by atoms with Gasteiger partial charge in [-0.15, -0.1) is 10.2 Å². The summed E-state index contributed by atoms with van der Waals surface area (Å²) in [4.78, 5) is 19.1. The summed E-state index contributed by atoms with van der Waals surface area (Å²) in [5.74, 6) is -0.0921. The molecule has 0 aliphatic carbocycles. The maximum atomic E-state index is 11.7. The molecule has 0 saturated carbocycles. The van der Waals surface area contributed by atoms with E-state index in [9.17, 15) is 9.90 Å². The molecule has 0 amide bonds. The number of carboxylic acids is 1. The molecule has 8 heteroatoms. The molecule has 1 fully saturated rings. The summed E-state index contributed by atoms with van der Waals surface area (Å²) in [5, 5.41) is 22.5. The highest BCUT2D eigenvalue weighted by Gasteiger charge is 2.22. The minimum Gasteiger partial charge on any atom is -0.478 e. The number of anilines is 2. The first-order valence-corrected chi connectivity index (χ1v) is 11.0. The van der Waals surface area contributed by atoms with Gasteiger partial charge < -0.3 is 15.3 Å². The topological polar surface area (TPSA) is 95.6 Å². The molecule has 1 saturated heterocycles. The largest absolute Gasteiger partial charge is 0.478 e. The van der Waals surface area contributed by atoms with Gasteiger partial charge in [0.15, 0.2) is 5.65 Å². The van der Waals surface area contributed by atoms with Crippen molar-refractivity contribution < 1.29 is 9.90 Å². The fourth-order valence-electron chi connectivity index (χ4n) is 4.57. The maximum Gasteiger partial charge on any atom is 0.337 e. The van der Waals surface area contributed by atoms with Crippen LogP contribution in [0.25, 0.3) is 16.6 Å². The Morgan fingerprint density at radius 2 is 1.94 bits per heavy atom. The Bertz CT molecular complexity index is 1310. The van der Waals surface area contributed by atoms with Crippen LogP contribution in [0.15, 0.2) is 42.7 Å². The van der Waals surface area contributed by atoms with Gasteiger partial charge in [0.05, 0.1) is 17.1 Å². The van der Waals surface area contributed by atoms with E-state index in [2.05, 4.69) is 32.5 Å². The van der Waals surface area contributed by atoms with E-state index >= 15 is 0 Å². The van der Waals surface area contributed by atoms with Gasteiger partial charge in [0, 0.05) is 29.7 Å². The van der Waals surface area contributed by atoms with Crippen molar-refractivity contribution in [3.63, 3.8) is 0 Å². The minimum absolute atomic E-state index is 0.162. The smallest absolute Gasteiger partial charge is 0.337 e. The summed E-state index contributed by atoms with van der Waals surface area (Å²) in [5.41, 5.74) is 4.58. The van der Waals surface area contributed by atoms with Crippen molar-refractivity contribution in [2.75, 3.05) is 23.3 Å². The predicted octanol–water partition coefficient (Wildman–Crippen LogP) is 4.45. The predicted molar refractivity (Wildman–Crippen MR) is 125 cm³/mol. The number of fused-ring (bicyclic) bond motifs is 3. The Labute approximate surface area is 185 Å². The second-order valence-electron chi connectivity index (χ2n) is 8.45. The minimum atomic E-state index is -0.954. The van der Waals surface area contributed by atoms with E-state index in [0.29, 0.717) is 5.69 Å². The number of aromatic carboxylic acids is 1. The molecule has 0 radical (unpaired) electrons. The van der Waals surface area contributed by atoms with E-state index < -0.39 is 5.97 Å². The normalized spacial score (nSPS) is 15.2. The summed E-state index contributed by atoms with van der Waals surface area (Å²) in [6, 6.07) is 11.0. The average molecular weight is 431 g/mol. The van der Waals surface area contributed by atoms with Crippen molar-refractivity contribution in [3.8, 4) is 0 Å². The highest BCUT2D eigenvalue weighted by Crippen LogP contribution is 2.32. The fourth-order valence-corrected chi connectivity index (χ4v) is 4.57. The highest BCUT2D eigenvalue weighted by atomic mass is 16.4. The Kier molecular flexibility index (Phi) is 5.13.